The molecule has 17 nitrogen and oxygen atoms in total. The molecular formula is C86H168O17P2. The lowest BCUT2D eigenvalue weighted by atomic mass is 9.99. The van der Waals surface area contributed by atoms with E-state index in [1.807, 2.05) is 0 Å². The molecule has 6 atom stereocenters. The van der Waals surface area contributed by atoms with Crippen LogP contribution in [0.3, 0.4) is 0 Å². The summed E-state index contributed by atoms with van der Waals surface area (Å²) in [5, 5.41) is 10.7. The first-order valence-corrected chi connectivity index (χ1v) is 47.7. The van der Waals surface area contributed by atoms with Gasteiger partial charge in [-0.15, -0.1) is 0 Å². The minimum Gasteiger partial charge on any atom is -0.462 e. The van der Waals surface area contributed by atoms with Crippen LogP contribution in [0.4, 0.5) is 0 Å². The predicted octanol–water partition coefficient (Wildman–Crippen LogP) is 26.4. The van der Waals surface area contributed by atoms with Crippen molar-refractivity contribution in [3.63, 3.8) is 0 Å². The topological polar surface area (TPSA) is 237 Å². The molecule has 0 heterocycles. The molecule has 0 aromatic heterocycles. The number of carbonyl (C=O) groups is 4. The molecule has 0 rings (SSSR count). The summed E-state index contributed by atoms with van der Waals surface area (Å²) in [5.41, 5.74) is 0. The molecule has 3 unspecified atom stereocenters. The maximum atomic E-state index is 13.1. The van der Waals surface area contributed by atoms with E-state index in [9.17, 15) is 43.2 Å². The Bertz CT molecular complexity index is 2000. The van der Waals surface area contributed by atoms with Gasteiger partial charge in [-0.3, -0.25) is 37.3 Å². The van der Waals surface area contributed by atoms with Crippen LogP contribution in [0.5, 0.6) is 0 Å². The van der Waals surface area contributed by atoms with Gasteiger partial charge in [0, 0.05) is 25.7 Å². The predicted molar refractivity (Wildman–Crippen MR) is 432 cm³/mol. The van der Waals surface area contributed by atoms with Crippen molar-refractivity contribution in [2.45, 2.75) is 483 Å². The van der Waals surface area contributed by atoms with Crippen LogP contribution in [-0.2, 0) is 65.4 Å². The van der Waals surface area contributed by atoms with E-state index < -0.39 is 97.5 Å². The first-order valence-electron chi connectivity index (χ1n) is 44.7. The van der Waals surface area contributed by atoms with Gasteiger partial charge in [0.15, 0.2) is 12.2 Å². The summed E-state index contributed by atoms with van der Waals surface area (Å²) in [7, 11) is -9.93. The summed E-state index contributed by atoms with van der Waals surface area (Å²) in [6.07, 6.45) is 72.1. The average molecular weight is 1540 g/mol. The molecular weight excluding hydrogens is 1370 g/mol. The number of rotatable bonds is 86. The van der Waals surface area contributed by atoms with Crippen molar-refractivity contribution in [1.82, 2.24) is 0 Å². The van der Waals surface area contributed by atoms with Gasteiger partial charge in [-0.1, -0.05) is 413 Å². The molecule has 0 aliphatic heterocycles. The highest BCUT2D eigenvalue weighted by molar-refractivity contribution is 7.47. The molecule has 0 radical (unpaired) electrons. The molecule has 105 heavy (non-hydrogen) atoms. The fourth-order valence-corrected chi connectivity index (χ4v) is 15.0. The van der Waals surface area contributed by atoms with Gasteiger partial charge in [0.2, 0.25) is 0 Å². The Kier molecular flexibility index (Phi) is 77.3. The van der Waals surface area contributed by atoms with Crippen molar-refractivity contribution in [2.24, 2.45) is 5.92 Å². The van der Waals surface area contributed by atoms with Crippen LogP contribution in [0, 0.1) is 5.92 Å². The monoisotopic (exact) mass is 1540 g/mol. The Morgan fingerprint density at radius 3 is 0.676 bits per heavy atom. The average Bonchev–Trinajstić information content (AvgIpc) is 0.907. The van der Waals surface area contributed by atoms with E-state index in [0.717, 1.165) is 95.8 Å². The van der Waals surface area contributed by atoms with Gasteiger partial charge in [0.1, 0.15) is 19.3 Å². The second kappa shape index (κ2) is 78.7. The number of hydrogen-bond donors (Lipinski definition) is 3. The summed E-state index contributed by atoms with van der Waals surface area (Å²) < 4.78 is 68.9. The second-order valence-electron chi connectivity index (χ2n) is 31.2. The number of phosphoric ester groups is 2. The maximum Gasteiger partial charge on any atom is 0.472 e. The summed E-state index contributed by atoms with van der Waals surface area (Å²) in [4.78, 5) is 73.3. The van der Waals surface area contributed by atoms with Crippen molar-refractivity contribution in [3.05, 3.63) is 0 Å². The highest BCUT2D eigenvalue weighted by atomic mass is 31.2. The van der Waals surface area contributed by atoms with E-state index in [4.69, 9.17) is 37.0 Å². The van der Waals surface area contributed by atoms with Gasteiger partial charge < -0.3 is 33.8 Å². The Hall–Kier alpha value is -1.94. The molecule has 0 amide bonds. The summed E-state index contributed by atoms with van der Waals surface area (Å²) in [5.74, 6) is -1.30. The van der Waals surface area contributed by atoms with Crippen LogP contribution in [0.25, 0.3) is 0 Å². The van der Waals surface area contributed by atoms with E-state index >= 15 is 0 Å². The summed E-state index contributed by atoms with van der Waals surface area (Å²) >= 11 is 0. The number of esters is 4. The highest BCUT2D eigenvalue weighted by Gasteiger charge is 2.30. The third-order valence-corrected chi connectivity index (χ3v) is 22.5. The lowest BCUT2D eigenvalue weighted by molar-refractivity contribution is -0.161. The van der Waals surface area contributed by atoms with Gasteiger partial charge in [-0.25, -0.2) is 9.13 Å². The third kappa shape index (κ3) is 78.5. The maximum absolute atomic E-state index is 13.1. The minimum atomic E-state index is -4.97. The van der Waals surface area contributed by atoms with Crippen LogP contribution in [0.15, 0.2) is 0 Å². The lowest BCUT2D eigenvalue weighted by Crippen LogP contribution is -2.30. The van der Waals surface area contributed by atoms with Crippen molar-refractivity contribution >= 4 is 39.5 Å². The van der Waals surface area contributed by atoms with Gasteiger partial charge in [-0.2, -0.15) is 0 Å². The molecule has 624 valence electrons. The van der Waals surface area contributed by atoms with Crippen LogP contribution < -0.4 is 0 Å². The van der Waals surface area contributed by atoms with Crippen molar-refractivity contribution in [1.29, 1.82) is 0 Å². The molecule has 0 bridgehead atoms. The molecule has 0 saturated carbocycles. The van der Waals surface area contributed by atoms with Gasteiger partial charge in [0.25, 0.3) is 0 Å². The van der Waals surface area contributed by atoms with E-state index in [0.29, 0.717) is 25.7 Å². The third-order valence-electron chi connectivity index (χ3n) is 20.6. The molecule has 0 aliphatic carbocycles. The molecule has 0 aliphatic rings. The summed E-state index contributed by atoms with van der Waals surface area (Å²) in [6.45, 7) is 7.39. The van der Waals surface area contributed by atoms with Crippen LogP contribution in [-0.4, -0.2) is 96.7 Å². The number of aliphatic hydroxyl groups excluding tert-OH is 1. The zero-order valence-electron chi connectivity index (χ0n) is 68.9. The number of unbranched alkanes of at least 4 members (excludes halogenated alkanes) is 57. The first-order chi connectivity index (χ1) is 51.1. The van der Waals surface area contributed by atoms with E-state index in [1.165, 1.54) is 289 Å². The Labute approximate surface area is 645 Å². The van der Waals surface area contributed by atoms with Crippen LogP contribution >= 0.6 is 15.6 Å². The van der Waals surface area contributed by atoms with Gasteiger partial charge >= 0.3 is 39.5 Å². The van der Waals surface area contributed by atoms with Gasteiger partial charge in [-0.05, 0) is 31.6 Å². The van der Waals surface area contributed by atoms with Gasteiger partial charge in [0.05, 0.1) is 26.4 Å². The van der Waals surface area contributed by atoms with Crippen molar-refractivity contribution in [2.75, 3.05) is 39.6 Å². The van der Waals surface area contributed by atoms with Crippen molar-refractivity contribution < 1.29 is 80.2 Å². The van der Waals surface area contributed by atoms with Crippen LogP contribution in [0.1, 0.15) is 465 Å². The molecule has 0 spiro atoms. The fourth-order valence-electron chi connectivity index (χ4n) is 13.4. The molecule has 19 heteroatoms. The van der Waals surface area contributed by atoms with E-state index in [-0.39, 0.29) is 25.7 Å². The molecule has 0 fully saturated rings. The zero-order chi connectivity index (χ0) is 76.9. The first kappa shape index (κ1) is 103. The standard InChI is InChI=1S/C86H168O17P2/c1-6-10-13-16-19-22-25-28-30-32-33-34-35-37-39-42-45-51-56-61-66-71-85(90)102-81(75-97-84(89)70-65-60-55-50-44-41-38-36-31-29-26-23-20-17-14-11-7-2)77-100-104(92,93)98-73-80(87)74-99-105(94,95)101-78-82(76-96-83(88)69-64-59-54-49-43-40-27-24-21-18-15-12-8-3)103-86(91)72-67-62-57-52-47-46-48-53-58-63-68-79(5)9-4/h79-82,87H,6-78H2,1-5H3,(H,92,93)(H,94,95)/t79?,80-,81-,82-/m1/s1. The van der Waals surface area contributed by atoms with E-state index in [2.05, 4.69) is 34.6 Å². The second-order valence-corrected chi connectivity index (χ2v) is 34.1. The molecule has 0 aromatic carbocycles. The SMILES string of the molecule is CCCCCCCCCCCCCCCCCCCCCCCC(=O)O[C@H](COC(=O)CCCCCCCCCCCCCCCCCCC)COP(=O)(O)OC[C@@H](O)COP(=O)(O)OC[C@@H](COC(=O)CCCCCCCCCCCCCCC)OC(=O)CCCCCCCCCCCCC(C)CC. The Morgan fingerprint density at radius 2 is 0.457 bits per heavy atom. The quantitative estimate of drug-likeness (QED) is 0.0222. The smallest absolute Gasteiger partial charge is 0.462 e. The highest BCUT2D eigenvalue weighted by Crippen LogP contribution is 2.45. The fraction of sp³-hybridized carbons (Fsp3) is 0.953. The normalized spacial score (nSPS) is 14.0. The largest absolute Gasteiger partial charge is 0.472 e. The van der Waals surface area contributed by atoms with Crippen molar-refractivity contribution in [3.8, 4) is 0 Å². The lowest BCUT2D eigenvalue weighted by Gasteiger charge is -2.21. The molecule has 0 saturated heterocycles. The van der Waals surface area contributed by atoms with Crippen LogP contribution in [0.2, 0.25) is 0 Å². The van der Waals surface area contributed by atoms with E-state index in [1.54, 1.807) is 0 Å². The molecule has 0 aromatic rings. The minimum absolute atomic E-state index is 0.107. The Balaban J connectivity index is 5.25. The Morgan fingerprint density at radius 1 is 0.267 bits per heavy atom. The zero-order valence-corrected chi connectivity index (χ0v) is 70.7. The number of carbonyl (C=O) groups excluding carboxylic acids is 4. The number of phosphoric acid groups is 2. The number of hydrogen-bond acceptors (Lipinski definition) is 15. The molecule has 3 N–H and O–H groups in total. The number of aliphatic hydroxyl groups is 1. The summed E-state index contributed by atoms with van der Waals surface area (Å²) in [6, 6.07) is 0. The number of ether oxygens (including phenoxy) is 4.